The van der Waals surface area contributed by atoms with E-state index < -0.39 is 0 Å². The van der Waals surface area contributed by atoms with Gasteiger partial charge in [-0.25, -0.2) is 0 Å². The molecule has 0 spiro atoms. The van der Waals surface area contributed by atoms with Crippen LogP contribution in [0.5, 0.6) is 0 Å². The zero-order valence-corrected chi connectivity index (χ0v) is 10.0. The third-order valence-electron chi connectivity index (χ3n) is 3.70. The number of nitrogens with zero attached hydrogens (tertiary/aromatic N) is 2. The summed E-state index contributed by atoms with van der Waals surface area (Å²) < 4.78 is 0. The summed E-state index contributed by atoms with van der Waals surface area (Å²) in [5, 5.41) is 3.39. The van der Waals surface area contributed by atoms with Crippen LogP contribution in [0.1, 0.15) is 24.2 Å². The highest BCUT2D eigenvalue weighted by Gasteiger charge is 2.42. The molecule has 2 saturated heterocycles. The molecule has 3 heterocycles. The van der Waals surface area contributed by atoms with Gasteiger partial charge in [-0.2, -0.15) is 0 Å². The second kappa shape index (κ2) is 4.11. The Morgan fingerprint density at radius 3 is 3.24 bits per heavy atom. The van der Waals surface area contributed by atoms with Crippen molar-refractivity contribution in [1.82, 2.24) is 15.2 Å². The van der Waals surface area contributed by atoms with Gasteiger partial charge in [0.15, 0.2) is 0 Å². The van der Waals surface area contributed by atoms with Crippen LogP contribution in [0.2, 0.25) is 0 Å². The Kier molecular flexibility index (Phi) is 2.59. The van der Waals surface area contributed by atoms with Gasteiger partial charge in [0.2, 0.25) is 5.91 Å². The van der Waals surface area contributed by atoms with Gasteiger partial charge < -0.3 is 10.2 Å². The van der Waals surface area contributed by atoms with E-state index in [1.54, 1.807) is 0 Å². The van der Waals surface area contributed by atoms with Gasteiger partial charge in [0.05, 0.1) is 12.2 Å². The molecule has 90 valence electrons. The lowest BCUT2D eigenvalue weighted by Crippen LogP contribution is -2.35. The molecule has 2 atom stereocenters. The van der Waals surface area contributed by atoms with Crippen LogP contribution >= 0.6 is 0 Å². The summed E-state index contributed by atoms with van der Waals surface area (Å²) in [5.74, 6) is 0.260. The molecular weight excluding hydrogens is 214 g/mol. The highest BCUT2D eigenvalue weighted by molar-refractivity contribution is 5.80. The van der Waals surface area contributed by atoms with Crippen LogP contribution < -0.4 is 5.32 Å². The van der Waals surface area contributed by atoms with Crippen molar-refractivity contribution in [3.8, 4) is 0 Å². The van der Waals surface area contributed by atoms with Gasteiger partial charge >= 0.3 is 0 Å². The van der Waals surface area contributed by atoms with Crippen molar-refractivity contribution in [2.75, 3.05) is 6.54 Å². The fourth-order valence-corrected chi connectivity index (χ4v) is 2.89. The molecule has 1 aromatic rings. The van der Waals surface area contributed by atoms with E-state index in [-0.39, 0.29) is 5.91 Å². The van der Waals surface area contributed by atoms with Gasteiger partial charge in [-0.15, -0.1) is 0 Å². The predicted octanol–water partition coefficient (Wildman–Crippen LogP) is 0.853. The summed E-state index contributed by atoms with van der Waals surface area (Å²) in [5.41, 5.74) is 2.00. The Morgan fingerprint density at radius 1 is 1.53 bits per heavy atom. The maximum absolute atomic E-state index is 11.9. The number of hydrogen-bond donors (Lipinski definition) is 1. The number of aryl methyl sites for hydroxylation is 1. The first-order chi connectivity index (χ1) is 8.24. The van der Waals surface area contributed by atoms with Crippen molar-refractivity contribution in [2.24, 2.45) is 0 Å². The minimum absolute atomic E-state index is 0.260. The number of fused-ring (bicyclic) bond motifs is 1. The van der Waals surface area contributed by atoms with Crippen LogP contribution in [0.3, 0.4) is 0 Å². The van der Waals surface area contributed by atoms with Crippen molar-refractivity contribution in [3.63, 3.8) is 0 Å². The molecule has 2 aliphatic heterocycles. The van der Waals surface area contributed by atoms with Gasteiger partial charge in [0.1, 0.15) is 0 Å². The van der Waals surface area contributed by atoms with Gasteiger partial charge in [-0.3, -0.25) is 9.78 Å². The lowest BCUT2D eigenvalue weighted by Gasteiger charge is -2.23. The van der Waals surface area contributed by atoms with Gasteiger partial charge in [-0.1, -0.05) is 6.07 Å². The smallest absolute Gasteiger partial charge is 0.224 e. The number of amides is 1. The van der Waals surface area contributed by atoms with Crippen LogP contribution in [-0.2, 0) is 11.3 Å². The summed E-state index contributed by atoms with van der Waals surface area (Å²) in [6.07, 6.45) is 1.72. The predicted molar refractivity (Wildman–Crippen MR) is 64.3 cm³/mol. The van der Waals surface area contributed by atoms with E-state index in [0.717, 1.165) is 24.4 Å². The average molecular weight is 231 g/mol. The lowest BCUT2D eigenvalue weighted by molar-refractivity contribution is -0.129. The standard InChI is InChI=1S/C13H17N3O/c1-9-3-2-4-10(15-9)8-16-12-5-6-14-11(12)7-13(16)17/h2-4,11-12,14H,5-8H2,1H3/t11-,12+/m1/s1. The van der Waals surface area contributed by atoms with E-state index in [1.165, 1.54) is 0 Å². The Balaban J connectivity index is 1.78. The summed E-state index contributed by atoms with van der Waals surface area (Å²) in [7, 11) is 0. The van der Waals surface area contributed by atoms with E-state index in [2.05, 4.69) is 10.3 Å². The topological polar surface area (TPSA) is 45.2 Å². The van der Waals surface area contributed by atoms with Crippen LogP contribution in [-0.4, -0.2) is 34.4 Å². The van der Waals surface area contributed by atoms with Crippen LogP contribution in [0.15, 0.2) is 18.2 Å². The number of rotatable bonds is 2. The number of likely N-dealkylation sites (tertiary alicyclic amines) is 1. The second-order valence-corrected chi connectivity index (χ2v) is 4.91. The minimum atomic E-state index is 0.260. The average Bonchev–Trinajstić information content (AvgIpc) is 2.83. The lowest BCUT2D eigenvalue weighted by atomic mass is 10.1. The maximum Gasteiger partial charge on any atom is 0.224 e. The number of hydrogen-bond acceptors (Lipinski definition) is 3. The third-order valence-corrected chi connectivity index (χ3v) is 3.70. The monoisotopic (exact) mass is 231 g/mol. The molecule has 2 fully saturated rings. The van der Waals surface area contributed by atoms with E-state index in [9.17, 15) is 4.79 Å². The quantitative estimate of drug-likeness (QED) is 0.821. The van der Waals surface area contributed by atoms with Crippen LogP contribution in [0.4, 0.5) is 0 Å². The molecule has 17 heavy (non-hydrogen) atoms. The van der Waals surface area contributed by atoms with Gasteiger partial charge in [0, 0.05) is 24.2 Å². The molecule has 1 N–H and O–H groups in total. The first-order valence-corrected chi connectivity index (χ1v) is 6.19. The van der Waals surface area contributed by atoms with Crippen molar-refractivity contribution in [3.05, 3.63) is 29.6 Å². The third kappa shape index (κ3) is 1.93. The molecule has 4 nitrogen and oxygen atoms in total. The Labute approximate surface area is 101 Å². The molecule has 0 bridgehead atoms. The summed E-state index contributed by atoms with van der Waals surface area (Å²) in [6.45, 7) is 3.67. The number of aromatic nitrogens is 1. The first-order valence-electron chi connectivity index (χ1n) is 6.19. The maximum atomic E-state index is 11.9. The summed E-state index contributed by atoms with van der Waals surface area (Å²) in [6, 6.07) is 6.73. The fourth-order valence-electron chi connectivity index (χ4n) is 2.89. The molecule has 0 unspecified atom stereocenters. The molecule has 3 rings (SSSR count). The van der Waals surface area contributed by atoms with Crippen molar-refractivity contribution < 1.29 is 4.79 Å². The number of carbonyl (C=O) groups is 1. The van der Waals surface area contributed by atoms with Gasteiger partial charge in [-0.05, 0) is 32.0 Å². The van der Waals surface area contributed by atoms with E-state index in [0.29, 0.717) is 25.0 Å². The zero-order valence-electron chi connectivity index (χ0n) is 10.0. The van der Waals surface area contributed by atoms with Crippen molar-refractivity contribution in [2.45, 2.75) is 38.4 Å². The van der Waals surface area contributed by atoms with Gasteiger partial charge in [0.25, 0.3) is 0 Å². The number of nitrogens with one attached hydrogen (secondary N) is 1. The first kappa shape index (κ1) is 10.7. The number of pyridine rings is 1. The highest BCUT2D eigenvalue weighted by Crippen LogP contribution is 2.27. The Hall–Kier alpha value is -1.42. The molecule has 1 amide bonds. The van der Waals surface area contributed by atoms with Crippen LogP contribution in [0, 0.1) is 6.92 Å². The molecule has 1 aromatic heterocycles. The molecule has 0 aromatic carbocycles. The van der Waals surface area contributed by atoms with E-state index in [4.69, 9.17) is 0 Å². The summed E-state index contributed by atoms with van der Waals surface area (Å²) >= 11 is 0. The molecule has 0 aliphatic carbocycles. The second-order valence-electron chi connectivity index (χ2n) is 4.91. The summed E-state index contributed by atoms with van der Waals surface area (Å²) in [4.78, 5) is 18.4. The molecule has 0 radical (unpaired) electrons. The normalized spacial score (nSPS) is 27.6. The largest absolute Gasteiger partial charge is 0.332 e. The molecule has 4 heteroatoms. The van der Waals surface area contributed by atoms with Crippen LogP contribution in [0.25, 0.3) is 0 Å². The van der Waals surface area contributed by atoms with E-state index in [1.807, 2.05) is 30.0 Å². The molecule has 2 aliphatic rings. The molecular formula is C13H17N3O. The molecule has 0 saturated carbocycles. The van der Waals surface area contributed by atoms with E-state index >= 15 is 0 Å². The fraction of sp³-hybridized carbons (Fsp3) is 0.538. The van der Waals surface area contributed by atoms with Crippen molar-refractivity contribution >= 4 is 5.91 Å². The zero-order chi connectivity index (χ0) is 11.8. The Morgan fingerprint density at radius 2 is 2.41 bits per heavy atom. The highest BCUT2D eigenvalue weighted by atomic mass is 16.2. The SMILES string of the molecule is Cc1cccc(CN2C(=O)C[C@H]3NCC[C@@H]32)n1. The minimum Gasteiger partial charge on any atom is -0.332 e. The Bertz CT molecular complexity index is 446. The van der Waals surface area contributed by atoms with Crippen molar-refractivity contribution in [1.29, 1.82) is 0 Å². The number of carbonyl (C=O) groups excluding carboxylic acids is 1.